The van der Waals surface area contributed by atoms with E-state index in [-0.39, 0.29) is 0 Å². The minimum absolute atomic E-state index is 0.404. The van der Waals surface area contributed by atoms with Crippen LogP contribution in [0.2, 0.25) is 0 Å². The Balaban J connectivity index is 5.53. The van der Waals surface area contributed by atoms with E-state index in [1.807, 2.05) is 0 Å². The van der Waals surface area contributed by atoms with Crippen LogP contribution in [0.25, 0.3) is 0 Å². The molecule has 0 bridgehead atoms. The summed E-state index contributed by atoms with van der Waals surface area (Å²) in [6.45, 7) is 0.404. The van der Waals surface area contributed by atoms with Gasteiger partial charge in [0.05, 0.1) is 3.92 Å². The summed E-state index contributed by atoms with van der Waals surface area (Å²) in [6, 6.07) is 0. The van der Waals surface area contributed by atoms with Crippen LogP contribution in [-0.2, 0) is 0 Å². The first-order valence-corrected chi connectivity index (χ1v) is 4.78. The fraction of sp³-hybridized carbons (Fsp3) is 1.00. The summed E-state index contributed by atoms with van der Waals surface area (Å²) in [7, 11) is 0. The molecule has 0 aliphatic rings. The van der Waals surface area contributed by atoms with E-state index in [9.17, 15) is 39.5 Å². The molecule has 10 heteroatoms. The third-order valence-corrected chi connectivity index (χ3v) is 2.45. The lowest BCUT2D eigenvalue weighted by molar-refractivity contribution is -0.394. The van der Waals surface area contributed by atoms with E-state index in [1.165, 1.54) is 0 Å². The van der Waals surface area contributed by atoms with Crippen molar-refractivity contribution in [2.24, 2.45) is 0 Å². The second-order valence-corrected chi connectivity index (χ2v) is 4.75. The zero-order valence-electron chi connectivity index (χ0n) is 7.36. The first-order valence-electron chi connectivity index (χ1n) is 3.54. The smallest absolute Gasteiger partial charge is 0.198 e. The minimum Gasteiger partial charge on any atom is -0.198 e. The van der Waals surface area contributed by atoms with Gasteiger partial charge in [-0.2, -0.15) is 39.5 Å². The van der Waals surface area contributed by atoms with Crippen molar-refractivity contribution in [3.05, 3.63) is 0 Å². The van der Waals surface area contributed by atoms with E-state index in [1.54, 1.807) is 0 Å². The van der Waals surface area contributed by atoms with Crippen molar-refractivity contribution in [3.8, 4) is 0 Å². The fourth-order valence-corrected chi connectivity index (χ4v) is 1.03. The van der Waals surface area contributed by atoms with E-state index in [0.29, 0.717) is 29.5 Å². The first-order chi connectivity index (χ1) is 6.69. The molecule has 0 nitrogen and oxygen atoms in total. The Hall–Kier alpha value is 0.1000. The Bertz CT molecular complexity index is 253. The zero-order chi connectivity index (χ0) is 13.6. The van der Waals surface area contributed by atoms with Crippen LogP contribution in [0, 0.1) is 0 Å². The van der Waals surface area contributed by atoms with Gasteiger partial charge in [0.1, 0.15) is 0 Å². The molecule has 0 aliphatic carbocycles. The molecule has 0 aromatic carbocycles. The van der Waals surface area contributed by atoms with Gasteiger partial charge in [-0.3, -0.25) is 0 Å². The average molecular weight is 374 g/mol. The predicted octanol–water partition coefficient (Wildman–Crippen LogP) is 4.28. The van der Waals surface area contributed by atoms with Crippen LogP contribution in [0.15, 0.2) is 0 Å². The lowest BCUT2D eigenvalue weighted by Gasteiger charge is -2.34. The van der Waals surface area contributed by atoms with Crippen molar-refractivity contribution in [1.82, 2.24) is 0 Å². The standard InChI is InChI=1S/C6H4F9I/c1-2(16)3(7,8)4(9,10)5(11,12)6(13,14)15/h2H,1H3. The molecule has 0 aliphatic heterocycles. The maximum Gasteiger partial charge on any atom is 0.460 e. The highest BCUT2D eigenvalue weighted by Gasteiger charge is 2.82. The maximum atomic E-state index is 12.6. The topological polar surface area (TPSA) is 0 Å². The molecule has 0 aromatic rings. The summed E-state index contributed by atoms with van der Waals surface area (Å²) >= 11 is 0.648. The first kappa shape index (κ1) is 16.1. The van der Waals surface area contributed by atoms with Gasteiger partial charge in [0.25, 0.3) is 0 Å². The summed E-state index contributed by atoms with van der Waals surface area (Å²) < 4.78 is 107. The molecule has 0 N–H and O–H groups in total. The van der Waals surface area contributed by atoms with Crippen LogP contribution in [0.4, 0.5) is 39.5 Å². The van der Waals surface area contributed by atoms with Gasteiger partial charge in [-0.1, -0.05) is 22.6 Å². The molecule has 0 rings (SSSR count). The fourth-order valence-electron chi connectivity index (χ4n) is 0.637. The number of hydrogen-bond acceptors (Lipinski definition) is 0. The van der Waals surface area contributed by atoms with Crippen molar-refractivity contribution < 1.29 is 39.5 Å². The second-order valence-electron chi connectivity index (χ2n) is 2.89. The van der Waals surface area contributed by atoms with E-state index in [0.717, 1.165) is 0 Å². The minimum atomic E-state index is -6.79. The molecular weight excluding hydrogens is 370 g/mol. The molecule has 0 aromatic heterocycles. The highest BCUT2D eigenvalue weighted by molar-refractivity contribution is 14.1. The molecule has 0 amide bonds. The molecule has 98 valence electrons. The van der Waals surface area contributed by atoms with Crippen molar-refractivity contribution in [2.75, 3.05) is 0 Å². The predicted molar refractivity (Wildman–Crippen MR) is 44.4 cm³/mol. The van der Waals surface area contributed by atoms with Crippen LogP contribution in [0.5, 0.6) is 0 Å². The highest BCUT2D eigenvalue weighted by atomic mass is 127. The molecule has 0 spiro atoms. The largest absolute Gasteiger partial charge is 0.460 e. The van der Waals surface area contributed by atoms with Gasteiger partial charge in [-0.05, 0) is 6.92 Å². The normalized spacial score (nSPS) is 17.4. The van der Waals surface area contributed by atoms with Crippen molar-refractivity contribution in [3.63, 3.8) is 0 Å². The Labute approximate surface area is 97.3 Å². The van der Waals surface area contributed by atoms with Crippen LogP contribution in [0.3, 0.4) is 0 Å². The summed E-state index contributed by atoms with van der Waals surface area (Å²) in [6.07, 6.45) is -6.74. The van der Waals surface area contributed by atoms with Crippen LogP contribution in [0.1, 0.15) is 6.92 Å². The Kier molecular flexibility index (Phi) is 4.11. The van der Waals surface area contributed by atoms with E-state index in [2.05, 4.69) is 0 Å². The van der Waals surface area contributed by atoms with Crippen LogP contribution < -0.4 is 0 Å². The molecule has 0 heterocycles. The Morgan fingerprint density at radius 1 is 0.750 bits per heavy atom. The lowest BCUT2D eigenvalue weighted by atomic mass is 10.0. The van der Waals surface area contributed by atoms with Gasteiger partial charge in [-0.15, -0.1) is 0 Å². The average Bonchev–Trinajstić information content (AvgIpc) is 2.00. The Morgan fingerprint density at radius 3 is 1.25 bits per heavy atom. The monoisotopic (exact) mass is 374 g/mol. The van der Waals surface area contributed by atoms with Gasteiger partial charge >= 0.3 is 23.9 Å². The number of rotatable bonds is 3. The van der Waals surface area contributed by atoms with E-state index < -0.39 is 27.9 Å². The number of alkyl halides is 10. The maximum absolute atomic E-state index is 12.6. The lowest BCUT2D eigenvalue weighted by Crippen LogP contribution is -2.63. The number of hydrogen-bond donors (Lipinski definition) is 0. The molecule has 1 unspecified atom stereocenters. The SMILES string of the molecule is CC(I)C(F)(F)C(F)(F)C(F)(F)C(F)(F)F. The summed E-state index contributed by atoms with van der Waals surface area (Å²) in [4.78, 5) is 0. The molecule has 1 atom stereocenters. The summed E-state index contributed by atoms with van der Waals surface area (Å²) in [5.74, 6) is -18.8. The Morgan fingerprint density at radius 2 is 1.06 bits per heavy atom. The van der Waals surface area contributed by atoms with Gasteiger partial charge in [0, 0.05) is 0 Å². The highest BCUT2D eigenvalue weighted by Crippen LogP contribution is 2.54. The molecule has 0 saturated carbocycles. The number of halogens is 10. The second kappa shape index (κ2) is 4.09. The molecule has 0 fully saturated rings. The van der Waals surface area contributed by atoms with Gasteiger partial charge in [0.2, 0.25) is 0 Å². The molecule has 0 radical (unpaired) electrons. The van der Waals surface area contributed by atoms with Crippen molar-refractivity contribution >= 4 is 22.6 Å². The van der Waals surface area contributed by atoms with Crippen molar-refractivity contribution in [1.29, 1.82) is 0 Å². The summed E-state index contributed by atoms with van der Waals surface area (Å²) in [5.41, 5.74) is 0. The van der Waals surface area contributed by atoms with Gasteiger partial charge in [0.15, 0.2) is 0 Å². The third-order valence-electron chi connectivity index (χ3n) is 1.67. The molecule has 0 saturated heterocycles. The quantitative estimate of drug-likeness (QED) is 0.393. The molecular formula is C6H4F9I. The molecule has 16 heavy (non-hydrogen) atoms. The van der Waals surface area contributed by atoms with Crippen molar-refractivity contribution in [2.45, 2.75) is 34.8 Å². The van der Waals surface area contributed by atoms with Gasteiger partial charge < -0.3 is 0 Å². The third kappa shape index (κ3) is 2.21. The zero-order valence-corrected chi connectivity index (χ0v) is 9.51. The van der Waals surface area contributed by atoms with Gasteiger partial charge in [-0.25, -0.2) is 0 Å². The van der Waals surface area contributed by atoms with E-state index >= 15 is 0 Å². The van der Waals surface area contributed by atoms with E-state index in [4.69, 9.17) is 0 Å². The summed E-state index contributed by atoms with van der Waals surface area (Å²) in [5, 5.41) is 0. The van der Waals surface area contributed by atoms with Crippen LogP contribution in [-0.4, -0.2) is 27.9 Å². The van der Waals surface area contributed by atoms with Crippen LogP contribution >= 0.6 is 22.6 Å².